The summed E-state index contributed by atoms with van der Waals surface area (Å²) in [5.74, 6) is -0.178. The van der Waals surface area contributed by atoms with Gasteiger partial charge < -0.3 is 5.32 Å². The maximum atomic E-state index is 12.9. The Labute approximate surface area is 127 Å². The number of hydrogen-bond acceptors (Lipinski definition) is 1. The average molecular weight is 285 g/mol. The van der Waals surface area contributed by atoms with E-state index in [1.54, 1.807) is 0 Å². The minimum atomic E-state index is -0.178. The quantitative estimate of drug-likeness (QED) is 0.838. The van der Waals surface area contributed by atoms with Crippen molar-refractivity contribution in [3.8, 4) is 0 Å². The van der Waals surface area contributed by atoms with E-state index >= 15 is 0 Å². The molecule has 0 bridgehead atoms. The van der Waals surface area contributed by atoms with Crippen molar-refractivity contribution in [3.63, 3.8) is 0 Å². The second-order valence-corrected chi connectivity index (χ2v) is 5.96. The van der Waals surface area contributed by atoms with Crippen molar-refractivity contribution in [1.82, 2.24) is 5.32 Å². The standard InChI is InChI=1S/C19H24FN/c1-13-5-8-18(11-14(13)2)16(4)21-15(3)12-17-6-9-19(20)10-7-17/h5-11,15-16,21H,12H2,1-4H3. The van der Waals surface area contributed by atoms with Crippen molar-refractivity contribution in [1.29, 1.82) is 0 Å². The van der Waals surface area contributed by atoms with Crippen LogP contribution in [0.2, 0.25) is 0 Å². The molecule has 0 radical (unpaired) electrons. The molecule has 1 nitrogen and oxygen atoms in total. The Bertz CT molecular complexity index is 589. The van der Waals surface area contributed by atoms with Crippen molar-refractivity contribution in [2.24, 2.45) is 0 Å². The molecule has 2 heteroatoms. The third-order valence-corrected chi connectivity index (χ3v) is 4.02. The molecule has 0 spiro atoms. The number of halogens is 1. The maximum absolute atomic E-state index is 12.9. The fourth-order valence-corrected chi connectivity index (χ4v) is 2.59. The van der Waals surface area contributed by atoms with Crippen LogP contribution >= 0.6 is 0 Å². The summed E-state index contributed by atoms with van der Waals surface area (Å²) < 4.78 is 12.9. The molecule has 0 heterocycles. The van der Waals surface area contributed by atoms with Gasteiger partial charge >= 0.3 is 0 Å². The van der Waals surface area contributed by atoms with Crippen LogP contribution in [0.25, 0.3) is 0 Å². The van der Waals surface area contributed by atoms with Crippen LogP contribution in [0.15, 0.2) is 42.5 Å². The van der Waals surface area contributed by atoms with Crippen molar-refractivity contribution >= 4 is 0 Å². The fraction of sp³-hybridized carbons (Fsp3) is 0.368. The summed E-state index contributed by atoms with van der Waals surface area (Å²) in [5.41, 5.74) is 5.12. The second kappa shape index (κ2) is 6.86. The molecule has 112 valence electrons. The highest BCUT2D eigenvalue weighted by Crippen LogP contribution is 2.18. The van der Waals surface area contributed by atoms with Crippen LogP contribution in [0.1, 0.15) is 42.1 Å². The van der Waals surface area contributed by atoms with E-state index in [2.05, 4.69) is 51.2 Å². The number of benzene rings is 2. The third-order valence-electron chi connectivity index (χ3n) is 4.02. The summed E-state index contributed by atoms with van der Waals surface area (Å²) in [5, 5.41) is 3.61. The van der Waals surface area contributed by atoms with Crippen LogP contribution < -0.4 is 5.32 Å². The normalized spacial score (nSPS) is 14.0. The van der Waals surface area contributed by atoms with E-state index in [0.717, 1.165) is 12.0 Å². The molecule has 0 saturated carbocycles. The molecule has 2 aromatic carbocycles. The van der Waals surface area contributed by atoms with Gasteiger partial charge in [-0.3, -0.25) is 0 Å². The highest BCUT2D eigenvalue weighted by Gasteiger charge is 2.10. The molecule has 1 N–H and O–H groups in total. The molecule has 2 aromatic rings. The van der Waals surface area contributed by atoms with E-state index in [-0.39, 0.29) is 5.82 Å². The van der Waals surface area contributed by atoms with E-state index in [1.165, 1.54) is 28.8 Å². The Hall–Kier alpha value is -1.67. The summed E-state index contributed by atoms with van der Waals surface area (Å²) in [4.78, 5) is 0. The first-order valence-electron chi connectivity index (χ1n) is 7.53. The SMILES string of the molecule is Cc1ccc(C(C)NC(C)Cc2ccc(F)cc2)cc1C. The number of aryl methyl sites for hydroxylation is 2. The summed E-state index contributed by atoms with van der Waals surface area (Å²) >= 11 is 0. The van der Waals surface area contributed by atoms with Gasteiger partial charge in [0.25, 0.3) is 0 Å². The van der Waals surface area contributed by atoms with Crippen LogP contribution in [0.5, 0.6) is 0 Å². The smallest absolute Gasteiger partial charge is 0.123 e. The zero-order valence-corrected chi connectivity index (χ0v) is 13.3. The van der Waals surface area contributed by atoms with Crippen LogP contribution in [0.3, 0.4) is 0 Å². The van der Waals surface area contributed by atoms with Crippen LogP contribution in [0.4, 0.5) is 4.39 Å². The van der Waals surface area contributed by atoms with E-state index in [4.69, 9.17) is 0 Å². The van der Waals surface area contributed by atoms with Gasteiger partial charge in [-0.15, -0.1) is 0 Å². The lowest BCUT2D eigenvalue weighted by molar-refractivity contribution is 0.476. The molecular weight excluding hydrogens is 261 g/mol. The van der Waals surface area contributed by atoms with Gasteiger partial charge in [0.15, 0.2) is 0 Å². The molecule has 0 aromatic heterocycles. The maximum Gasteiger partial charge on any atom is 0.123 e. The largest absolute Gasteiger partial charge is 0.307 e. The third kappa shape index (κ3) is 4.40. The molecule has 2 unspecified atom stereocenters. The molecule has 0 aliphatic rings. The minimum absolute atomic E-state index is 0.178. The van der Waals surface area contributed by atoms with Crippen molar-refractivity contribution in [2.45, 2.75) is 46.2 Å². The van der Waals surface area contributed by atoms with Crippen LogP contribution in [-0.4, -0.2) is 6.04 Å². The van der Waals surface area contributed by atoms with Gasteiger partial charge in [-0.1, -0.05) is 30.3 Å². The lowest BCUT2D eigenvalue weighted by Crippen LogP contribution is -2.30. The average Bonchev–Trinajstić information content (AvgIpc) is 2.44. The Kier molecular flexibility index (Phi) is 5.13. The predicted molar refractivity (Wildman–Crippen MR) is 87.0 cm³/mol. The first kappa shape index (κ1) is 15.7. The monoisotopic (exact) mass is 285 g/mol. The van der Waals surface area contributed by atoms with E-state index in [9.17, 15) is 4.39 Å². The number of hydrogen-bond donors (Lipinski definition) is 1. The summed E-state index contributed by atoms with van der Waals surface area (Å²) in [6.07, 6.45) is 0.898. The first-order valence-corrected chi connectivity index (χ1v) is 7.53. The zero-order valence-electron chi connectivity index (χ0n) is 13.3. The molecule has 2 rings (SSSR count). The van der Waals surface area contributed by atoms with E-state index in [0.29, 0.717) is 12.1 Å². The first-order chi connectivity index (χ1) is 9.95. The lowest BCUT2D eigenvalue weighted by Gasteiger charge is -2.21. The van der Waals surface area contributed by atoms with Gasteiger partial charge in [0.2, 0.25) is 0 Å². The molecule has 2 atom stereocenters. The molecule has 21 heavy (non-hydrogen) atoms. The summed E-state index contributed by atoms with van der Waals surface area (Å²) in [7, 11) is 0. The van der Waals surface area contributed by atoms with Crippen LogP contribution in [-0.2, 0) is 6.42 Å². The fourth-order valence-electron chi connectivity index (χ4n) is 2.59. The molecular formula is C19H24FN. The predicted octanol–water partition coefficient (Wildman–Crippen LogP) is 4.72. The Morgan fingerprint density at radius 2 is 1.62 bits per heavy atom. The molecule has 0 aliphatic carbocycles. The summed E-state index contributed by atoms with van der Waals surface area (Å²) in [6, 6.07) is 14.0. The molecule has 0 saturated heterocycles. The summed E-state index contributed by atoms with van der Waals surface area (Å²) in [6.45, 7) is 8.63. The van der Waals surface area contributed by atoms with Crippen LogP contribution in [0, 0.1) is 19.7 Å². The Balaban J connectivity index is 1.96. The highest BCUT2D eigenvalue weighted by molar-refractivity contribution is 5.31. The number of rotatable bonds is 5. The lowest BCUT2D eigenvalue weighted by atomic mass is 10.0. The molecule has 0 amide bonds. The number of nitrogens with one attached hydrogen (secondary N) is 1. The van der Waals surface area contributed by atoms with Gasteiger partial charge in [0.1, 0.15) is 5.82 Å². The van der Waals surface area contributed by atoms with E-state index in [1.807, 2.05) is 12.1 Å². The topological polar surface area (TPSA) is 12.0 Å². The van der Waals surface area contributed by atoms with Gasteiger partial charge in [0, 0.05) is 12.1 Å². The van der Waals surface area contributed by atoms with Crippen molar-refractivity contribution in [2.75, 3.05) is 0 Å². The highest BCUT2D eigenvalue weighted by atomic mass is 19.1. The van der Waals surface area contributed by atoms with E-state index < -0.39 is 0 Å². The van der Waals surface area contributed by atoms with Gasteiger partial charge in [-0.25, -0.2) is 4.39 Å². The van der Waals surface area contributed by atoms with Gasteiger partial charge in [-0.05, 0) is 68.5 Å². The molecule has 0 aliphatic heterocycles. The van der Waals surface area contributed by atoms with Crippen molar-refractivity contribution in [3.05, 3.63) is 70.5 Å². The van der Waals surface area contributed by atoms with Gasteiger partial charge in [-0.2, -0.15) is 0 Å². The Morgan fingerprint density at radius 3 is 2.24 bits per heavy atom. The second-order valence-electron chi connectivity index (χ2n) is 5.96. The Morgan fingerprint density at radius 1 is 0.952 bits per heavy atom. The van der Waals surface area contributed by atoms with Gasteiger partial charge in [0.05, 0.1) is 0 Å². The minimum Gasteiger partial charge on any atom is -0.307 e. The van der Waals surface area contributed by atoms with Crippen molar-refractivity contribution < 1.29 is 4.39 Å². The molecule has 0 fully saturated rings. The zero-order chi connectivity index (χ0) is 15.4.